The Labute approximate surface area is 123 Å². The van der Waals surface area contributed by atoms with Gasteiger partial charge in [0.25, 0.3) is 0 Å². The van der Waals surface area contributed by atoms with Gasteiger partial charge in [0.2, 0.25) is 0 Å². The summed E-state index contributed by atoms with van der Waals surface area (Å²) in [6.07, 6.45) is 4.92. The van der Waals surface area contributed by atoms with Gasteiger partial charge >= 0.3 is 0 Å². The highest BCUT2D eigenvalue weighted by Gasteiger charge is 2.25. The van der Waals surface area contributed by atoms with Gasteiger partial charge in [0.1, 0.15) is 5.75 Å². The molecule has 1 N–H and O–H groups in total. The molecule has 2 heterocycles. The summed E-state index contributed by atoms with van der Waals surface area (Å²) in [4.78, 5) is 0. The summed E-state index contributed by atoms with van der Waals surface area (Å²) < 4.78 is 5.70. The van der Waals surface area contributed by atoms with Crippen LogP contribution in [0, 0.1) is 0 Å². The number of benzene rings is 1. The van der Waals surface area contributed by atoms with Crippen molar-refractivity contribution in [2.75, 3.05) is 12.4 Å². The zero-order valence-corrected chi connectivity index (χ0v) is 12.5. The van der Waals surface area contributed by atoms with Gasteiger partial charge in [-0.1, -0.05) is 18.0 Å². The van der Waals surface area contributed by atoms with Crippen molar-refractivity contribution in [3.63, 3.8) is 0 Å². The minimum absolute atomic E-state index is 0.294. The molecular weight excluding hydrogens is 280 g/mol. The van der Waals surface area contributed by atoms with E-state index in [4.69, 9.17) is 16.3 Å². The van der Waals surface area contributed by atoms with Crippen LogP contribution in [0.25, 0.3) is 0 Å². The highest BCUT2D eigenvalue weighted by Crippen LogP contribution is 2.35. The Morgan fingerprint density at radius 3 is 3.11 bits per heavy atom. The van der Waals surface area contributed by atoms with E-state index in [0.717, 1.165) is 35.8 Å². The standard InChI is InChI=1S/C15H19ClO2S/c16-12-7-10-4-5-18-15(10)11(8-12)9-13(17)14-3-1-2-6-19-14/h7-8,13-14,17H,1-6,9H2. The normalized spacial score (nSPS) is 23.8. The Balaban J connectivity index is 1.75. The first-order valence-corrected chi connectivity index (χ1v) is 8.40. The molecule has 1 aromatic rings. The molecule has 4 heteroatoms. The smallest absolute Gasteiger partial charge is 0.126 e. The van der Waals surface area contributed by atoms with Crippen LogP contribution < -0.4 is 4.74 Å². The molecular formula is C15H19ClO2S. The van der Waals surface area contributed by atoms with E-state index in [1.54, 1.807) is 0 Å². The number of fused-ring (bicyclic) bond motifs is 1. The number of ether oxygens (including phenoxy) is 1. The van der Waals surface area contributed by atoms with Crippen LogP contribution in [0.2, 0.25) is 5.02 Å². The molecule has 3 rings (SSSR count). The third-order valence-corrected chi connectivity index (χ3v) is 5.62. The zero-order valence-electron chi connectivity index (χ0n) is 10.9. The van der Waals surface area contributed by atoms with Gasteiger partial charge in [-0.15, -0.1) is 0 Å². The summed E-state index contributed by atoms with van der Waals surface area (Å²) in [7, 11) is 0. The molecule has 2 atom stereocenters. The Bertz CT molecular complexity index is 458. The van der Waals surface area contributed by atoms with Crippen molar-refractivity contribution in [2.24, 2.45) is 0 Å². The van der Waals surface area contributed by atoms with Crippen LogP contribution in [-0.2, 0) is 12.8 Å². The van der Waals surface area contributed by atoms with E-state index in [1.807, 2.05) is 23.9 Å². The average Bonchev–Trinajstić information content (AvgIpc) is 2.88. The predicted molar refractivity (Wildman–Crippen MR) is 80.5 cm³/mol. The highest BCUT2D eigenvalue weighted by molar-refractivity contribution is 8.00. The van der Waals surface area contributed by atoms with E-state index in [0.29, 0.717) is 11.7 Å². The third-order valence-electron chi connectivity index (χ3n) is 3.90. The van der Waals surface area contributed by atoms with Crippen molar-refractivity contribution in [1.29, 1.82) is 0 Å². The average molecular weight is 299 g/mol. The lowest BCUT2D eigenvalue weighted by atomic mass is 9.99. The van der Waals surface area contributed by atoms with Crippen molar-refractivity contribution in [3.05, 3.63) is 28.3 Å². The lowest BCUT2D eigenvalue weighted by Crippen LogP contribution is -2.28. The molecule has 2 nitrogen and oxygen atoms in total. The lowest BCUT2D eigenvalue weighted by Gasteiger charge is -2.26. The Hall–Kier alpha value is -0.380. The number of rotatable bonds is 3. The zero-order chi connectivity index (χ0) is 13.2. The second-order valence-electron chi connectivity index (χ2n) is 5.33. The first kappa shape index (κ1) is 13.6. The van der Waals surface area contributed by atoms with Gasteiger partial charge in [-0.05, 0) is 41.9 Å². The van der Waals surface area contributed by atoms with Crippen LogP contribution >= 0.6 is 23.4 Å². The van der Waals surface area contributed by atoms with Gasteiger partial charge < -0.3 is 9.84 Å². The van der Waals surface area contributed by atoms with Gasteiger partial charge in [0.05, 0.1) is 12.7 Å². The predicted octanol–water partition coefficient (Wildman–Crippen LogP) is 3.46. The monoisotopic (exact) mass is 298 g/mol. The third kappa shape index (κ3) is 3.04. The van der Waals surface area contributed by atoms with Gasteiger partial charge in [0, 0.05) is 23.1 Å². The van der Waals surface area contributed by atoms with Crippen molar-refractivity contribution in [1.82, 2.24) is 0 Å². The minimum Gasteiger partial charge on any atom is -0.493 e. The first-order chi connectivity index (χ1) is 9.24. The van der Waals surface area contributed by atoms with Gasteiger partial charge in [0.15, 0.2) is 0 Å². The van der Waals surface area contributed by atoms with E-state index in [-0.39, 0.29) is 6.10 Å². The molecule has 2 aliphatic rings. The molecule has 0 amide bonds. The molecule has 19 heavy (non-hydrogen) atoms. The quantitative estimate of drug-likeness (QED) is 0.926. The second-order valence-corrected chi connectivity index (χ2v) is 7.11. The molecule has 2 aliphatic heterocycles. The van der Waals surface area contributed by atoms with Gasteiger partial charge in [-0.25, -0.2) is 0 Å². The summed E-state index contributed by atoms with van der Waals surface area (Å²) in [5.74, 6) is 2.13. The Morgan fingerprint density at radius 2 is 2.32 bits per heavy atom. The highest BCUT2D eigenvalue weighted by atomic mass is 35.5. The molecule has 0 aromatic heterocycles. The number of hydrogen-bond acceptors (Lipinski definition) is 3. The van der Waals surface area contributed by atoms with Crippen molar-refractivity contribution < 1.29 is 9.84 Å². The largest absolute Gasteiger partial charge is 0.493 e. The SMILES string of the molecule is OC(Cc1cc(Cl)cc2c1OCC2)C1CCCCS1. The van der Waals surface area contributed by atoms with Crippen LogP contribution in [0.3, 0.4) is 0 Å². The Morgan fingerprint density at radius 1 is 1.42 bits per heavy atom. The van der Waals surface area contributed by atoms with E-state index < -0.39 is 0 Å². The van der Waals surface area contributed by atoms with Crippen LogP contribution in [0.4, 0.5) is 0 Å². The van der Waals surface area contributed by atoms with Crippen LogP contribution in [0.5, 0.6) is 5.75 Å². The maximum atomic E-state index is 10.4. The molecule has 0 bridgehead atoms. The summed E-state index contributed by atoms with van der Waals surface area (Å²) in [5, 5.41) is 11.5. The van der Waals surface area contributed by atoms with E-state index in [1.165, 1.54) is 24.2 Å². The topological polar surface area (TPSA) is 29.5 Å². The molecule has 2 unspecified atom stereocenters. The fraction of sp³-hybridized carbons (Fsp3) is 0.600. The number of aliphatic hydroxyl groups is 1. The van der Waals surface area contributed by atoms with E-state index >= 15 is 0 Å². The van der Waals surface area contributed by atoms with Gasteiger partial charge in [-0.2, -0.15) is 11.8 Å². The van der Waals surface area contributed by atoms with Crippen molar-refractivity contribution in [2.45, 2.75) is 43.5 Å². The second kappa shape index (κ2) is 5.94. The van der Waals surface area contributed by atoms with Crippen molar-refractivity contribution in [3.8, 4) is 5.75 Å². The first-order valence-electron chi connectivity index (χ1n) is 6.98. The van der Waals surface area contributed by atoms with Gasteiger partial charge in [-0.3, -0.25) is 0 Å². The molecule has 0 radical (unpaired) electrons. The summed E-state index contributed by atoms with van der Waals surface area (Å²) in [6.45, 7) is 0.733. The molecule has 0 saturated carbocycles. The fourth-order valence-electron chi connectivity index (χ4n) is 2.92. The van der Waals surface area contributed by atoms with Crippen molar-refractivity contribution >= 4 is 23.4 Å². The summed E-state index contributed by atoms with van der Waals surface area (Å²) >= 11 is 8.06. The molecule has 1 aromatic carbocycles. The molecule has 0 spiro atoms. The van der Waals surface area contributed by atoms with Crippen LogP contribution in [0.15, 0.2) is 12.1 Å². The maximum Gasteiger partial charge on any atom is 0.126 e. The Kier molecular flexibility index (Phi) is 4.25. The number of hydrogen-bond donors (Lipinski definition) is 1. The fourth-order valence-corrected chi connectivity index (χ4v) is 4.51. The molecule has 104 valence electrons. The maximum absolute atomic E-state index is 10.4. The van der Waals surface area contributed by atoms with E-state index in [2.05, 4.69) is 0 Å². The van der Waals surface area contributed by atoms with Crippen LogP contribution in [0.1, 0.15) is 30.4 Å². The molecule has 1 saturated heterocycles. The number of halogens is 1. The number of aliphatic hydroxyl groups excluding tert-OH is 1. The summed E-state index contributed by atoms with van der Waals surface area (Å²) in [6, 6.07) is 3.93. The molecule has 0 aliphatic carbocycles. The number of thioether (sulfide) groups is 1. The van der Waals surface area contributed by atoms with Crippen LogP contribution in [-0.4, -0.2) is 28.8 Å². The lowest BCUT2D eigenvalue weighted by molar-refractivity contribution is 0.165. The summed E-state index contributed by atoms with van der Waals surface area (Å²) in [5.41, 5.74) is 2.25. The minimum atomic E-state index is -0.294. The molecule has 1 fully saturated rings. The van der Waals surface area contributed by atoms with E-state index in [9.17, 15) is 5.11 Å².